The molecule has 18 heavy (non-hydrogen) atoms. The van der Waals surface area contributed by atoms with E-state index >= 15 is 0 Å². The van der Waals surface area contributed by atoms with E-state index in [4.69, 9.17) is 0 Å². The van der Waals surface area contributed by atoms with Crippen LogP contribution >= 0.6 is 0 Å². The molecule has 1 aromatic carbocycles. The summed E-state index contributed by atoms with van der Waals surface area (Å²) in [6, 6.07) is 1.70. The molecular formula is C12H13F2NO3. The second-order valence-corrected chi connectivity index (χ2v) is 3.77. The second-order valence-electron chi connectivity index (χ2n) is 3.77. The molecule has 0 saturated heterocycles. The van der Waals surface area contributed by atoms with E-state index in [0.717, 1.165) is 17.0 Å². The lowest BCUT2D eigenvalue weighted by Gasteiger charge is -2.18. The Labute approximate surface area is 103 Å². The first-order chi connectivity index (χ1) is 8.36. The highest BCUT2D eigenvalue weighted by molar-refractivity contribution is 6.04. The SMILES string of the molecule is COc1cc(F)c(N(C)C(=O)CC(C)=O)cc1F. The molecule has 0 aromatic heterocycles. The predicted molar refractivity (Wildman–Crippen MR) is 61.6 cm³/mol. The van der Waals surface area contributed by atoms with Crippen molar-refractivity contribution in [1.29, 1.82) is 0 Å². The molecule has 0 radical (unpaired) electrons. The van der Waals surface area contributed by atoms with Crippen LogP contribution in [0.5, 0.6) is 5.75 Å². The molecule has 0 spiro atoms. The molecule has 0 unspecified atom stereocenters. The van der Waals surface area contributed by atoms with Crippen molar-refractivity contribution in [2.75, 3.05) is 19.1 Å². The number of methoxy groups -OCH3 is 1. The van der Waals surface area contributed by atoms with Crippen LogP contribution in [0.3, 0.4) is 0 Å². The number of ether oxygens (including phenoxy) is 1. The fourth-order valence-corrected chi connectivity index (χ4v) is 1.40. The lowest BCUT2D eigenvalue weighted by molar-refractivity contribution is -0.125. The highest BCUT2D eigenvalue weighted by atomic mass is 19.1. The molecule has 0 fully saturated rings. The van der Waals surface area contributed by atoms with Crippen molar-refractivity contribution in [3.05, 3.63) is 23.8 Å². The number of rotatable bonds is 4. The smallest absolute Gasteiger partial charge is 0.234 e. The van der Waals surface area contributed by atoms with Gasteiger partial charge >= 0.3 is 0 Å². The van der Waals surface area contributed by atoms with Gasteiger partial charge in [-0.3, -0.25) is 9.59 Å². The van der Waals surface area contributed by atoms with Gasteiger partial charge in [-0.2, -0.15) is 0 Å². The predicted octanol–water partition coefficient (Wildman–Crippen LogP) is 1.92. The van der Waals surface area contributed by atoms with Gasteiger partial charge < -0.3 is 9.64 Å². The molecule has 0 N–H and O–H groups in total. The fourth-order valence-electron chi connectivity index (χ4n) is 1.40. The molecule has 0 aliphatic rings. The number of halogens is 2. The monoisotopic (exact) mass is 257 g/mol. The maximum absolute atomic E-state index is 13.6. The van der Waals surface area contributed by atoms with Crippen LogP contribution in [-0.2, 0) is 9.59 Å². The van der Waals surface area contributed by atoms with Crippen molar-refractivity contribution in [1.82, 2.24) is 0 Å². The number of Topliss-reactive ketones (excluding diaryl/α,β-unsaturated/α-hetero) is 1. The zero-order chi connectivity index (χ0) is 13.9. The number of ketones is 1. The summed E-state index contributed by atoms with van der Waals surface area (Å²) in [4.78, 5) is 23.3. The molecule has 0 aliphatic heterocycles. The lowest BCUT2D eigenvalue weighted by Crippen LogP contribution is -2.28. The highest BCUT2D eigenvalue weighted by Gasteiger charge is 2.19. The summed E-state index contributed by atoms with van der Waals surface area (Å²) in [5.74, 6) is -2.78. The summed E-state index contributed by atoms with van der Waals surface area (Å²) in [6.45, 7) is 1.25. The van der Waals surface area contributed by atoms with Crippen LogP contribution in [0.15, 0.2) is 12.1 Å². The molecule has 0 aliphatic carbocycles. The third-order valence-electron chi connectivity index (χ3n) is 2.36. The van der Waals surface area contributed by atoms with E-state index in [9.17, 15) is 18.4 Å². The molecule has 98 valence electrons. The number of hydrogen-bond acceptors (Lipinski definition) is 3. The minimum atomic E-state index is -0.798. The topological polar surface area (TPSA) is 46.6 Å². The molecule has 0 heterocycles. The van der Waals surface area contributed by atoms with Gasteiger partial charge in [-0.1, -0.05) is 0 Å². The van der Waals surface area contributed by atoms with Gasteiger partial charge in [-0.15, -0.1) is 0 Å². The minimum Gasteiger partial charge on any atom is -0.494 e. The maximum Gasteiger partial charge on any atom is 0.234 e. The van der Waals surface area contributed by atoms with E-state index in [1.165, 1.54) is 21.1 Å². The van der Waals surface area contributed by atoms with Crippen LogP contribution in [0.25, 0.3) is 0 Å². The summed E-state index contributed by atoms with van der Waals surface area (Å²) in [7, 11) is 2.48. The van der Waals surface area contributed by atoms with Crippen molar-refractivity contribution < 1.29 is 23.1 Å². The first-order valence-electron chi connectivity index (χ1n) is 5.15. The molecule has 0 saturated carbocycles. The third kappa shape index (κ3) is 3.03. The van der Waals surface area contributed by atoms with Gasteiger partial charge in [0.05, 0.1) is 19.2 Å². The average Bonchev–Trinajstić information content (AvgIpc) is 2.29. The standard InChI is InChI=1S/C12H13F2NO3/c1-7(16)4-12(17)15(2)10-5-9(14)11(18-3)6-8(10)13/h5-6H,4H2,1-3H3. The van der Waals surface area contributed by atoms with Gasteiger partial charge in [0.1, 0.15) is 5.78 Å². The molecule has 0 bridgehead atoms. The Kier molecular flexibility index (Phi) is 4.36. The Hall–Kier alpha value is -1.98. The van der Waals surface area contributed by atoms with Crippen LogP contribution in [0.1, 0.15) is 13.3 Å². The van der Waals surface area contributed by atoms with Crippen molar-refractivity contribution in [2.45, 2.75) is 13.3 Å². The number of carbonyl (C=O) groups excluding carboxylic acids is 2. The van der Waals surface area contributed by atoms with Gasteiger partial charge in [-0.05, 0) is 6.92 Å². The van der Waals surface area contributed by atoms with Crippen LogP contribution in [0.2, 0.25) is 0 Å². The Morgan fingerprint density at radius 2 is 1.89 bits per heavy atom. The third-order valence-corrected chi connectivity index (χ3v) is 2.36. The van der Waals surface area contributed by atoms with E-state index in [-0.39, 0.29) is 23.6 Å². The molecule has 1 amide bonds. The first-order valence-corrected chi connectivity index (χ1v) is 5.15. The van der Waals surface area contributed by atoms with Crippen molar-refractivity contribution in [3.63, 3.8) is 0 Å². The van der Waals surface area contributed by atoms with Crippen LogP contribution in [0.4, 0.5) is 14.5 Å². The summed E-state index contributed by atoms with van der Waals surface area (Å²) in [5, 5.41) is 0. The summed E-state index contributed by atoms with van der Waals surface area (Å²) < 4.78 is 31.7. The molecule has 1 rings (SSSR count). The number of carbonyl (C=O) groups is 2. The van der Waals surface area contributed by atoms with E-state index in [2.05, 4.69) is 4.74 Å². The Bertz CT molecular complexity index is 488. The molecule has 0 atom stereocenters. The zero-order valence-corrected chi connectivity index (χ0v) is 10.3. The summed E-state index contributed by atoms with van der Waals surface area (Å²) >= 11 is 0. The van der Waals surface area contributed by atoms with Gasteiger partial charge in [-0.25, -0.2) is 8.78 Å². The average molecular weight is 257 g/mol. The molecular weight excluding hydrogens is 244 g/mol. The number of nitrogens with zero attached hydrogens (tertiary/aromatic N) is 1. The minimum absolute atomic E-state index is 0.237. The van der Waals surface area contributed by atoms with Gasteiger partial charge in [0.2, 0.25) is 5.91 Å². The lowest BCUT2D eigenvalue weighted by atomic mass is 10.2. The first kappa shape index (κ1) is 14.1. The maximum atomic E-state index is 13.6. The number of anilines is 1. The summed E-state index contributed by atoms with van der Waals surface area (Å²) in [5.41, 5.74) is -0.237. The van der Waals surface area contributed by atoms with Crippen LogP contribution in [-0.4, -0.2) is 25.8 Å². The van der Waals surface area contributed by atoms with E-state index in [1.54, 1.807) is 0 Å². The molecule has 1 aromatic rings. The number of benzene rings is 1. The van der Waals surface area contributed by atoms with Gasteiger partial charge in [0.15, 0.2) is 17.4 Å². The Morgan fingerprint density at radius 1 is 1.28 bits per heavy atom. The van der Waals surface area contributed by atoms with Gasteiger partial charge in [0, 0.05) is 19.2 Å². The number of hydrogen-bond donors (Lipinski definition) is 0. The van der Waals surface area contributed by atoms with Gasteiger partial charge in [0.25, 0.3) is 0 Å². The van der Waals surface area contributed by atoms with E-state index in [1.807, 2.05) is 0 Å². The fraction of sp³-hybridized carbons (Fsp3) is 0.333. The summed E-state index contributed by atoms with van der Waals surface area (Å²) in [6.07, 6.45) is -0.358. The molecule has 4 nitrogen and oxygen atoms in total. The zero-order valence-electron chi connectivity index (χ0n) is 10.3. The van der Waals surface area contributed by atoms with Crippen LogP contribution < -0.4 is 9.64 Å². The van der Waals surface area contributed by atoms with Crippen molar-refractivity contribution in [2.24, 2.45) is 0 Å². The number of amides is 1. The van der Waals surface area contributed by atoms with Crippen molar-refractivity contribution in [3.8, 4) is 5.75 Å². The van der Waals surface area contributed by atoms with Crippen LogP contribution in [0, 0.1) is 11.6 Å². The van der Waals surface area contributed by atoms with E-state index in [0.29, 0.717) is 0 Å². The Balaban J connectivity index is 3.06. The Morgan fingerprint density at radius 3 is 2.39 bits per heavy atom. The highest BCUT2D eigenvalue weighted by Crippen LogP contribution is 2.27. The van der Waals surface area contributed by atoms with Crippen molar-refractivity contribution >= 4 is 17.4 Å². The van der Waals surface area contributed by atoms with E-state index < -0.39 is 17.5 Å². The normalized spacial score (nSPS) is 10.1. The largest absolute Gasteiger partial charge is 0.494 e. The second kappa shape index (κ2) is 5.57. The quantitative estimate of drug-likeness (QED) is 0.774. The molecule has 6 heteroatoms.